The molecule has 2 atom stereocenters. The Morgan fingerprint density at radius 3 is 2.91 bits per heavy atom. The summed E-state index contributed by atoms with van der Waals surface area (Å²) in [7, 11) is 1.73. The van der Waals surface area contributed by atoms with Crippen molar-refractivity contribution in [2.24, 2.45) is 0 Å². The van der Waals surface area contributed by atoms with E-state index in [0.717, 1.165) is 34.9 Å². The van der Waals surface area contributed by atoms with Crippen LogP contribution in [0.15, 0.2) is 36.8 Å². The molecule has 32 heavy (non-hydrogen) atoms. The molecule has 0 amide bonds. The average Bonchev–Trinajstić information content (AvgIpc) is 3.22. The van der Waals surface area contributed by atoms with Crippen molar-refractivity contribution in [2.45, 2.75) is 37.4 Å². The molecule has 0 bridgehead atoms. The zero-order valence-electron chi connectivity index (χ0n) is 18.0. The maximum atomic E-state index is 6.24. The number of fused-ring (bicyclic) bond motifs is 2. The fourth-order valence-electron chi connectivity index (χ4n) is 4.68. The summed E-state index contributed by atoms with van der Waals surface area (Å²) in [4.78, 5) is 8.85. The Hall–Kier alpha value is -3.41. The Kier molecular flexibility index (Phi) is 4.59. The van der Waals surface area contributed by atoms with Crippen molar-refractivity contribution < 1.29 is 4.74 Å². The Balaban J connectivity index is 1.36. The highest BCUT2D eigenvalue weighted by Gasteiger charge is 2.28. The summed E-state index contributed by atoms with van der Waals surface area (Å²) in [6.45, 7) is 1.52. The first-order chi connectivity index (χ1) is 15.7. The monoisotopic (exact) mass is 427 g/mol. The van der Waals surface area contributed by atoms with Crippen LogP contribution >= 0.6 is 0 Å². The van der Waals surface area contributed by atoms with Gasteiger partial charge in [0.05, 0.1) is 40.9 Å². The van der Waals surface area contributed by atoms with E-state index in [1.54, 1.807) is 13.3 Å². The highest BCUT2D eigenvalue weighted by Crippen LogP contribution is 2.37. The second kappa shape index (κ2) is 7.62. The fourth-order valence-corrected chi connectivity index (χ4v) is 4.68. The van der Waals surface area contributed by atoms with Gasteiger partial charge in [0.1, 0.15) is 11.5 Å². The molecular weight excluding hydrogens is 402 g/mol. The number of nitrogens with two attached hydrogens (primary N) is 1. The van der Waals surface area contributed by atoms with Crippen LogP contribution in [-0.4, -0.2) is 50.6 Å². The molecule has 8 nitrogen and oxygen atoms in total. The maximum absolute atomic E-state index is 6.24. The maximum Gasteiger partial charge on any atom is 0.147 e. The van der Waals surface area contributed by atoms with Gasteiger partial charge in [-0.2, -0.15) is 5.10 Å². The van der Waals surface area contributed by atoms with Gasteiger partial charge in [-0.1, -0.05) is 5.92 Å². The van der Waals surface area contributed by atoms with E-state index in [0.29, 0.717) is 30.2 Å². The highest BCUT2D eigenvalue weighted by atomic mass is 16.5. The third-order valence-electron chi connectivity index (χ3n) is 6.40. The Labute approximate surface area is 185 Å². The largest absolute Gasteiger partial charge is 0.383 e. The minimum atomic E-state index is 0.220. The van der Waals surface area contributed by atoms with E-state index in [4.69, 9.17) is 15.6 Å². The van der Waals surface area contributed by atoms with Gasteiger partial charge in [0.25, 0.3) is 0 Å². The summed E-state index contributed by atoms with van der Waals surface area (Å²) >= 11 is 0. The van der Waals surface area contributed by atoms with Crippen LogP contribution in [0.25, 0.3) is 21.9 Å². The third-order valence-corrected chi connectivity index (χ3v) is 6.40. The second-order valence-corrected chi connectivity index (χ2v) is 8.67. The van der Waals surface area contributed by atoms with Crippen LogP contribution in [0, 0.1) is 11.8 Å². The highest BCUT2D eigenvalue weighted by molar-refractivity contribution is 5.93. The molecule has 0 unspecified atom stereocenters. The molecule has 0 radical (unpaired) electrons. The molecular formula is C24H25N7O. The quantitative estimate of drug-likeness (QED) is 0.486. The number of rotatable bonds is 4. The number of hydrogen-bond acceptors (Lipinski definition) is 6. The molecule has 4 heterocycles. The molecule has 1 aromatic carbocycles. The first-order valence-electron chi connectivity index (χ1n) is 11.0. The normalized spacial score (nSPS) is 20.7. The van der Waals surface area contributed by atoms with Crippen LogP contribution in [-0.2, 0) is 4.74 Å². The Bertz CT molecular complexity index is 1370. The first kappa shape index (κ1) is 19.3. The number of benzene rings is 1. The summed E-state index contributed by atoms with van der Waals surface area (Å²) in [5.74, 6) is 6.97. The minimum Gasteiger partial charge on any atom is -0.383 e. The van der Waals surface area contributed by atoms with Gasteiger partial charge in [0.15, 0.2) is 0 Å². The first-order valence-corrected chi connectivity index (χ1v) is 11.0. The predicted octanol–water partition coefficient (Wildman–Crippen LogP) is 2.65. The summed E-state index contributed by atoms with van der Waals surface area (Å²) in [5.41, 5.74) is 10.9. The lowest BCUT2D eigenvalue weighted by Gasteiger charge is -2.11. The molecule has 4 aromatic rings. The van der Waals surface area contributed by atoms with Crippen molar-refractivity contribution in [1.29, 1.82) is 0 Å². The van der Waals surface area contributed by atoms with E-state index in [2.05, 4.69) is 37.8 Å². The smallest absolute Gasteiger partial charge is 0.147 e. The fraction of sp³-hybridized carbons (Fsp3) is 0.375. The van der Waals surface area contributed by atoms with Crippen LogP contribution in [0.1, 0.15) is 42.6 Å². The second-order valence-electron chi connectivity index (χ2n) is 8.67. The van der Waals surface area contributed by atoms with E-state index >= 15 is 0 Å². The molecule has 8 heteroatoms. The van der Waals surface area contributed by atoms with Gasteiger partial charge in [-0.25, -0.2) is 9.97 Å². The van der Waals surface area contributed by atoms with Gasteiger partial charge in [-0.05, 0) is 49.4 Å². The van der Waals surface area contributed by atoms with Crippen LogP contribution < -0.4 is 11.1 Å². The number of nitrogens with one attached hydrogen (secondary N) is 1. The van der Waals surface area contributed by atoms with Crippen LogP contribution in [0.3, 0.4) is 0 Å². The molecule has 1 aliphatic heterocycles. The number of nitrogen functional groups attached to an aromatic ring is 1. The molecule has 162 valence electrons. The van der Waals surface area contributed by atoms with Crippen LogP contribution in [0.4, 0.5) is 5.82 Å². The van der Waals surface area contributed by atoms with Crippen molar-refractivity contribution in [1.82, 2.24) is 29.6 Å². The van der Waals surface area contributed by atoms with Gasteiger partial charge in [-0.15, -0.1) is 0 Å². The molecule has 0 spiro atoms. The average molecular weight is 428 g/mol. The molecule has 3 aromatic heterocycles. The molecule has 1 saturated heterocycles. The number of methoxy groups -OCH3 is 1. The molecule has 2 fully saturated rings. The lowest BCUT2D eigenvalue weighted by Crippen LogP contribution is -2.25. The topological polar surface area (TPSA) is 95.8 Å². The number of imidazole rings is 1. The van der Waals surface area contributed by atoms with E-state index in [-0.39, 0.29) is 6.04 Å². The number of hydrogen-bond donors (Lipinski definition) is 2. The van der Waals surface area contributed by atoms with Gasteiger partial charge in [0.2, 0.25) is 0 Å². The number of anilines is 1. The zero-order chi connectivity index (χ0) is 21.7. The summed E-state index contributed by atoms with van der Waals surface area (Å²) in [5, 5.41) is 9.18. The van der Waals surface area contributed by atoms with Gasteiger partial charge < -0.3 is 20.4 Å². The van der Waals surface area contributed by atoms with Crippen molar-refractivity contribution in [3.63, 3.8) is 0 Å². The van der Waals surface area contributed by atoms with Crippen LogP contribution in [0.2, 0.25) is 0 Å². The van der Waals surface area contributed by atoms with E-state index in [1.807, 2.05) is 29.2 Å². The third kappa shape index (κ3) is 3.30. The Morgan fingerprint density at radius 1 is 1.16 bits per heavy atom. The summed E-state index contributed by atoms with van der Waals surface area (Å²) < 4.78 is 9.61. The number of nitrogens with zero attached hydrogens (tertiary/aromatic N) is 5. The van der Waals surface area contributed by atoms with Gasteiger partial charge in [0, 0.05) is 37.5 Å². The van der Waals surface area contributed by atoms with Crippen molar-refractivity contribution in [3.05, 3.63) is 48.0 Å². The molecule has 6 rings (SSSR count). The molecule has 1 aliphatic carbocycles. The van der Waals surface area contributed by atoms with Gasteiger partial charge in [-0.3, -0.25) is 4.68 Å². The molecule has 1 saturated carbocycles. The zero-order valence-corrected chi connectivity index (χ0v) is 18.0. The summed E-state index contributed by atoms with van der Waals surface area (Å²) in [6, 6.07) is 9.31. The van der Waals surface area contributed by atoms with Crippen molar-refractivity contribution in [2.75, 3.05) is 26.0 Å². The van der Waals surface area contributed by atoms with Crippen molar-refractivity contribution >= 4 is 27.8 Å². The standard InChI is InChI=1S/C24H25N7O/c1-32-13-16-11-18(12-27-16)31-22-8-9-26-24(25)23(22)19(29-31)6-2-15-3-7-21-20(10-15)28-14-30(21)17-4-5-17/h3,7-10,14,16-18,27H,4-5,11-13H2,1H3,(H2,25,26)/t16-,18+/m1/s1. The van der Waals surface area contributed by atoms with Crippen molar-refractivity contribution in [3.8, 4) is 11.8 Å². The van der Waals surface area contributed by atoms with E-state index in [9.17, 15) is 0 Å². The number of aromatic nitrogens is 5. The summed E-state index contributed by atoms with van der Waals surface area (Å²) in [6.07, 6.45) is 7.08. The molecule has 3 N–H and O–H groups in total. The van der Waals surface area contributed by atoms with E-state index < -0.39 is 0 Å². The van der Waals surface area contributed by atoms with Crippen LogP contribution in [0.5, 0.6) is 0 Å². The predicted molar refractivity (Wildman–Crippen MR) is 123 cm³/mol. The lowest BCUT2D eigenvalue weighted by atomic mass is 10.1. The SMILES string of the molecule is COC[C@H]1C[C@H](n2nc(C#Cc3ccc4c(c3)ncn4C3CC3)c3c(N)nccc32)CN1. The lowest BCUT2D eigenvalue weighted by molar-refractivity contribution is 0.172. The van der Waals surface area contributed by atoms with Gasteiger partial charge >= 0.3 is 0 Å². The molecule has 2 aliphatic rings. The minimum absolute atomic E-state index is 0.220. The van der Waals surface area contributed by atoms with E-state index in [1.165, 1.54) is 18.4 Å². The Morgan fingerprint density at radius 2 is 2.06 bits per heavy atom. The number of pyridine rings is 1. The number of ether oxygens (including phenoxy) is 1.